The second-order valence-corrected chi connectivity index (χ2v) is 5.66. The molecule has 0 aliphatic carbocycles. The molecule has 0 saturated carbocycles. The van der Waals surface area contributed by atoms with Gasteiger partial charge in [-0.3, -0.25) is 0 Å². The fourth-order valence-corrected chi connectivity index (χ4v) is 2.79. The van der Waals surface area contributed by atoms with Gasteiger partial charge in [-0.2, -0.15) is 0 Å². The Balaban J connectivity index is 2.09. The Bertz CT molecular complexity index is 612. The van der Waals surface area contributed by atoms with Gasteiger partial charge in [-0.1, -0.05) is 26.7 Å². The molecular weight excluding hydrogens is 278 g/mol. The van der Waals surface area contributed by atoms with Crippen molar-refractivity contribution in [2.75, 3.05) is 13.7 Å². The molecule has 4 heteroatoms. The van der Waals surface area contributed by atoms with E-state index in [1.165, 1.54) is 0 Å². The van der Waals surface area contributed by atoms with Gasteiger partial charge in [0.1, 0.15) is 5.75 Å². The van der Waals surface area contributed by atoms with Crippen molar-refractivity contribution >= 4 is 16.9 Å². The number of aromatic amines is 1. The number of nitrogens with one attached hydrogen (secondary N) is 1. The summed E-state index contributed by atoms with van der Waals surface area (Å²) in [4.78, 5) is 15.5. The molecule has 0 radical (unpaired) electrons. The van der Waals surface area contributed by atoms with E-state index >= 15 is 0 Å². The third kappa shape index (κ3) is 3.81. The first-order chi connectivity index (χ1) is 10.7. The number of benzene rings is 1. The van der Waals surface area contributed by atoms with E-state index in [1.54, 1.807) is 13.3 Å². The molecule has 1 heterocycles. The average molecular weight is 303 g/mol. The highest BCUT2D eigenvalue weighted by Crippen LogP contribution is 2.24. The topological polar surface area (TPSA) is 51.3 Å². The minimum atomic E-state index is -0.267. The minimum absolute atomic E-state index is 0.267. The molecule has 0 aliphatic heterocycles. The summed E-state index contributed by atoms with van der Waals surface area (Å²) >= 11 is 0. The molecule has 22 heavy (non-hydrogen) atoms. The maximum absolute atomic E-state index is 12.3. The number of carbonyl (C=O) groups excluding carboxylic acids is 1. The molecule has 0 spiro atoms. The normalized spacial score (nSPS) is 11.1. The summed E-state index contributed by atoms with van der Waals surface area (Å²) in [5, 5.41) is 0.840. The van der Waals surface area contributed by atoms with Crippen molar-refractivity contribution in [3.8, 4) is 5.75 Å². The average Bonchev–Trinajstić information content (AvgIpc) is 2.95. The number of carbonyl (C=O) groups is 1. The van der Waals surface area contributed by atoms with Crippen molar-refractivity contribution in [1.82, 2.24) is 4.98 Å². The molecule has 1 N–H and O–H groups in total. The molecule has 2 rings (SSSR count). The molecule has 4 nitrogen and oxygen atoms in total. The van der Waals surface area contributed by atoms with Gasteiger partial charge in [0.25, 0.3) is 0 Å². The maximum atomic E-state index is 12.3. The molecule has 0 unspecified atom stereocenters. The van der Waals surface area contributed by atoms with Crippen LogP contribution in [0.2, 0.25) is 0 Å². The number of methoxy groups -OCH3 is 1. The van der Waals surface area contributed by atoms with Crippen LogP contribution in [-0.4, -0.2) is 24.7 Å². The molecule has 0 amide bonds. The van der Waals surface area contributed by atoms with Crippen molar-refractivity contribution in [2.45, 2.75) is 39.5 Å². The third-order valence-electron chi connectivity index (χ3n) is 3.95. The molecule has 2 aromatic rings. The van der Waals surface area contributed by atoms with Gasteiger partial charge in [-0.05, 0) is 37.0 Å². The first-order valence-corrected chi connectivity index (χ1v) is 8.01. The number of hydrogen-bond donors (Lipinski definition) is 1. The Morgan fingerprint density at radius 1 is 1.23 bits per heavy atom. The smallest absolute Gasteiger partial charge is 0.340 e. The van der Waals surface area contributed by atoms with Gasteiger partial charge < -0.3 is 14.5 Å². The highest BCUT2D eigenvalue weighted by atomic mass is 16.5. The Kier molecular flexibility index (Phi) is 5.87. The Hall–Kier alpha value is -1.97. The summed E-state index contributed by atoms with van der Waals surface area (Å²) in [6, 6.07) is 5.63. The number of H-pyrrole nitrogens is 1. The molecule has 0 fully saturated rings. The SMILES string of the molecule is CCCC(CCC)COC(=O)c1c[nH]c2ccc(OC)cc12. The lowest BCUT2D eigenvalue weighted by Crippen LogP contribution is -2.14. The lowest BCUT2D eigenvalue weighted by atomic mass is 9.99. The lowest BCUT2D eigenvalue weighted by molar-refractivity contribution is 0.0427. The van der Waals surface area contributed by atoms with E-state index in [2.05, 4.69) is 18.8 Å². The summed E-state index contributed by atoms with van der Waals surface area (Å²) in [5.41, 5.74) is 1.48. The van der Waals surface area contributed by atoms with Crippen LogP contribution in [0, 0.1) is 5.92 Å². The Morgan fingerprint density at radius 2 is 1.95 bits per heavy atom. The van der Waals surface area contributed by atoms with Gasteiger partial charge in [0.05, 0.1) is 19.3 Å². The van der Waals surface area contributed by atoms with Gasteiger partial charge in [0.15, 0.2) is 0 Å². The van der Waals surface area contributed by atoms with Crippen molar-refractivity contribution in [3.63, 3.8) is 0 Å². The van der Waals surface area contributed by atoms with E-state index in [0.29, 0.717) is 18.1 Å². The second-order valence-electron chi connectivity index (χ2n) is 5.66. The van der Waals surface area contributed by atoms with Gasteiger partial charge in [0, 0.05) is 17.1 Å². The first kappa shape index (κ1) is 16.4. The van der Waals surface area contributed by atoms with E-state index < -0.39 is 0 Å². The Labute approximate surface area is 131 Å². The fourth-order valence-electron chi connectivity index (χ4n) is 2.79. The molecule has 0 aliphatic rings. The highest BCUT2D eigenvalue weighted by Gasteiger charge is 2.16. The maximum Gasteiger partial charge on any atom is 0.340 e. The van der Waals surface area contributed by atoms with E-state index in [9.17, 15) is 4.79 Å². The molecular formula is C18H25NO3. The standard InChI is InChI=1S/C18H25NO3/c1-4-6-13(7-5-2)12-22-18(20)16-11-19-17-9-8-14(21-3)10-15(16)17/h8-11,13,19H,4-7,12H2,1-3H3. The lowest BCUT2D eigenvalue weighted by Gasteiger charge is -2.15. The number of aromatic nitrogens is 1. The van der Waals surface area contributed by atoms with Gasteiger partial charge >= 0.3 is 5.97 Å². The number of ether oxygens (including phenoxy) is 2. The molecule has 0 saturated heterocycles. The molecule has 120 valence electrons. The summed E-state index contributed by atoms with van der Waals surface area (Å²) in [6.07, 6.45) is 6.14. The second kappa shape index (κ2) is 7.87. The van der Waals surface area contributed by atoms with Gasteiger partial charge in [-0.25, -0.2) is 4.79 Å². The van der Waals surface area contributed by atoms with Crippen molar-refractivity contribution < 1.29 is 14.3 Å². The number of rotatable bonds is 8. The zero-order valence-electron chi connectivity index (χ0n) is 13.6. The van der Waals surface area contributed by atoms with Crippen LogP contribution in [0.4, 0.5) is 0 Å². The predicted molar refractivity (Wildman–Crippen MR) is 88.4 cm³/mol. The van der Waals surface area contributed by atoms with Crippen LogP contribution in [-0.2, 0) is 4.74 Å². The van der Waals surface area contributed by atoms with E-state index in [0.717, 1.165) is 42.3 Å². The monoisotopic (exact) mass is 303 g/mol. The van der Waals surface area contributed by atoms with Crippen LogP contribution < -0.4 is 4.74 Å². The Morgan fingerprint density at radius 3 is 2.59 bits per heavy atom. The summed E-state index contributed by atoms with van der Waals surface area (Å²) in [7, 11) is 1.62. The number of hydrogen-bond acceptors (Lipinski definition) is 3. The van der Waals surface area contributed by atoms with E-state index in [1.807, 2.05) is 18.2 Å². The molecule has 0 atom stereocenters. The predicted octanol–water partition coefficient (Wildman–Crippen LogP) is 4.55. The first-order valence-electron chi connectivity index (χ1n) is 8.01. The minimum Gasteiger partial charge on any atom is -0.497 e. The largest absolute Gasteiger partial charge is 0.497 e. The van der Waals surface area contributed by atoms with Crippen LogP contribution in [0.5, 0.6) is 5.75 Å². The van der Waals surface area contributed by atoms with Crippen LogP contribution in [0.1, 0.15) is 49.9 Å². The van der Waals surface area contributed by atoms with Crippen molar-refractivity contribution in [1.29, 1.82) is 0 Å². The van der Waals surface area contributed by atoms with Gasteiger partial charge in [-0.15, -0.1) is 0 Å². The molecule has 1 aromatic carbocycles. The fraction of sp³-hybridized carbons (Fsp3) is 0.500. The van der Waals surface area contributed by atoms with E-state index in [4.69, 9.17) is 9.47 Å². The van der Waals surface area contributed by atoms with Gasteiger partial charge in [0.2, 0.25) is 0 Å². The van der Waals surface area contributed by atoms with E-state index in [-0.39, 0.29) is 5.97 Å². The zero-order valence-corrected chi connectivity index (χ0v) is 13.6. The quantitative estimate of drug-likeness (QED) is 0.728. The number of esters is 1. The third-order valence-corrected chi connectivity index (χ3v) is 3.95. The molecule has 1 aromatic heterocycles. The highest BCUT2D eigenvalue weighted by molar-refractivity contribution is 6.04. The van der Waals surface area contributed by atoms with Crippen molar-refractivity contribution in [3.05, 3.63) is 30.0 Å². The van der Waals surface area contributed by atoms with Crippen LogP contribution in [0.15, 0.2) is 24.4 Å². The van der Waals surface area contributed by atoms with Crippen LogP contribution in [0.3, 0.4) is 0 Å². The number of fused-ring (bicyclic) bond motifs is 1. The van der Waals surface area contributed by atoms with Crippen LogP contribution >= 0.6 is 0 Å². The summed E-state index contributed by atoms with van der Waals surface area (Å²) < 4.78 is 10.8. The van der Waals surface area contributed by atoms with Crippen LogP contribution in [0.25, 0.3) is 10.9 Å². The zero-order chi connectivity index (χ0) is 15.9. The van der Waals surface area contributed by atoms with Crippen molar-refractivity contribution in [2.24, 2.45) is 5.92 Å². The molecule has 0 bridgehead atoms. The summed E-state index contributed by atoms with van der Waals surface area (Å²) in [5.74, 6) is 0.923. The summed E-state index contributed by atoms with van der Waals surface area (Å²) in [6.45, 7) is 4.82.